The lowest BCUT2D eigenvalue weighted by atomic mass is 10.1. The number of rotatable bonds is 3. The van der Waals surface area contributed by atoms with Crippen molar-refractivity contribution in [2.75, 3.05) is 5.32 Å². The van der Waals surface area contributed by atoms with Crippen LogP contribution in [0.2, 0.25) is 0 Å². The van der Waals surface area contributed by atoms with Crippen LogP contribution in [0, 0.1) is 11.2 Å². The molecule has 1 aliphatic rings. The highest BCUT2D eigenvalue weighted by Crippen LogP contribution is 2.46. The molecule has 2 rings (SSSR count). The van der Waals surface area contributed by atoms with Gasteiger partial charge in [-0.25, -0.2) is 4.39 Å². The number of amides is 1. The van der Waals surface area contributed by atoms with Crippen molar-refractivity contribution in [3.8, 4) is 0 Å². The van der Waals surface area contributed by atoms with Crippen molar-refractivity contribution >= 4 is 17.6 Å². The lowest BCUT2D eigenvalue weighted by Gasteiger charge is -2.10. The molecule has 0 bridgehead atoms. The average molecular weight is 237 g/mol. The standard InChI is InChI=1S/C11H10FNO3.N/c12-7-1-3-8(4-2-7)13-9(14)11(5-6-11)10(15)16;/h1-4H,5-6H2,(H,13,14)(H,15,16);. The number of aliphatic carboxylic acids is 1. The molecule has 0 aliphatic heterocycles. The first-order valence-electron chi connectivity index (χ1n) is 4.85. The number of hydrogen-bond acceptors (Lipinski definition) is 2. The van der Waals surface area contributed by atoms with Gasteiger partial charge in [-0.05, 0) is 37.1 Å². The summed E-state index contributed by atoms with van der Waals surface area (Å²) in [6, 6.07) is 5.20. The van der Waals surface area contributed by atoms with Crippen molar-refractivity contribution in [2.45, 2.75) is 12.8 Å². The van der Waals surface area contributed by atoms with Crippen LogP contribution in [-0.4, -0.2) is 17.0 Å². The van der Waals surface area contributed by atoms with Gasteiger partial charge < -0.3 is 10.4 Å². The van der Waals surface area contributed by atoms with Crippen LogP contribution in [0.25, 0.3) is 0 Å². The maximum atomic E-state index is 12.6. The molecule has 0 unspecified atom stereocenters. The Hall–Kier alpha value is -1.95. The van der Waals surface area contributed by atoms with E-state index in [0.29, 0.717) is 18.5 Å². The minimum Gasteiger partial charge on any atom is -0.480 e. The Bertz CT molecular complexity index is 441. The third-order valence-electron chi connectivity index (χ3n) is 2.70. The van der Waals surface area contributed by atoms with Crippen molar-refractivity contribution in [1.82, 2.24) is 6.15 Å². The lowest BCUT2D eigenvalue weighted by Crippen LogP contribution is -2.31. The van der Waals surface area contributed by atoms with Gasteiger partial charge in [-0.2, -0.15) is 0 Å². The highest BCUT2D eigenvalue weighted by atomic mass is 19.1. The molecule has 17 heavy (non-hydrogen) atoms. The summed E-state index contributed by atoms with van der Waals surface area (Å²) in [5.74, 6) is -2.05. The largest absolute Gasteiger partial charge is 0.480 e. The van der Waals surface area contributed by atoms with Crippen molar-refractivity contribution in [3.63, 3.8) is 0 Å². The summed E-state index contributed by atoms with van der Waals surface area (Å²) in [4.78, 5) is 22.5. The summed E-state index contributed by atoms with van der Waals surface area (Å²) < 4.78 is 12.6. The molecule has 0 heterocycles. The topological polar surface area (TPSA) is 96.9 Å². The number of carboxylic acids is 1. The number of nitrogens with zero attached hydrogens (tertiary/aromatic N) is 1. The van der Waals surface area contributed by atoms with Crippen molar-refractivity contribution in [1.29, 1.82) is 0 Å². The molecule has 1 saturated carbocycles. The van der Waals surface area contributed by atoms with E-state index in [2.05, 4.69) is 5.32 Å². The number of anilines is 1. The fourth-order valence-electron chi connectivity index (χ4n) is 1.45. The van der Waals surface area contributed by atoms with Gasteiger partial charge in [0.25, 0.3) is 0 Å². The second-order valence-electron chi connectivity index (χ2n) is 3.85. The Labute approximate surface area is 97.2 Å². The first kappa shape index (κ1) is 13.1. The van der Waals surface area contributed by atoms with E-state index in [1.807, 2.05) is 0 Å². The minimum absolute atomic E-state index is 0. The summed E-state index contributed by atoms with van der Waals surface area (Å²) in [5, 5.41) is 11.3. The smallest absolute Gasteiger partial charge is 0.319 e. The molecule has 1 aliphatic carbocycles. The van der Waals surface area contributed by atoms with Gasteiger partial charge in [0.1, 0.15) is 11.2 Å². The Morgan fingerprint density at radius 3 is 2.18 bits per heavy atom. The second-order valence-corrected chi connectivity index (χ2v) is 3.85. The predicted molar refractivity (Wildman–Crippen MR) is 56.5 cm³/mol. The fourth-order valence-corrected chi connectivity index (χ4v) is 1.45. The van der Waals surface area contributed by atoms with Crippen molar-refractivity contribution in [2.24, 2.45) is 5.41 Å². The molecule has 0 atom stereocenters. The molecule has 89 valence electrons. The minimum atomic E-state index is -1.27. The van der Waals surface area contributed by atoms with E-state index in [1.54, 1.807) is 0 Å². The molecule has 2 N–H and O–H groups in total. The number of carbonyl (C=O) groups is 2. The molecular formula is C11H10FN2O3. The van der Waals surface area contributed by atoms with Crippen molar-refractivity contribution in [3.05, 3.63) is 30.1 Å². The maximum Gasteiger partial charge on any atom is 0.319 e. The highest BCUT2D eigenvalue weighted by Gasteiger charge is 2.57. The molecule has 0 aromatic heterocycles. The third kappa shape index (κ3) is 2.42. The number of benzene rings is 1. The van der Waals surface area contributed by atoms with Crippen LogP contribution in [0.4, 0.5) is 10.1 Å². The molecule has 1 fully saturated rings. The second kappa shape index (κ2) is 4.50. The molecule has 1 amide bonds. The first-order chi connectivity index (χ1) is 7.54. The van der Waals surface area contributed by atoms with Gasteiger partial charge in [0.15, 0.2) is 0 Å². The zero-order chi connectivity index (χ0) is 11.8. The van der Waals surface area contributed by atoms with Crippen molar-refractivity contribution < 1.29 is 19.1 Å². The summed E-state index contributed by atoms with van der Waals surface area (Å²) in [7, 11) is 0. The molecule has 1 aromatic rings. The van der Waals surface area contributed by atoms with E-state index in [4.69, 9.17) is 5.11 Å². The zero-order valence-corrected chi connectivity index (χ0v) is 8.81. The van der Waals surface area contributed by atoms with Gasteiger partial charge in [0, 0.05) is 11.8 Å². The van der Waals surface area contributed by atoms with E-state index in [0.717, 1.165) is 0 Å². The number of carboxylic acid groups (broad SMARTS) is 1. The molecule has 3 radical (unpaired) electrons. The quantitative estimate of drug-likeness (QED) is 0.771. The zero-order valence-electron chi connectivity index (χ0n) is 8.81. The molecule has 0 saturated heterocycles. The van der Waals surface area contributed by atoms with Gasteiger partial charge in [-0.3, -0.25) is 9.59 Å². The molecule has 1 aromatic carbocycles. The SMILES string of the molecule is O=C(O)C1(C(=O)Nc2ccc(F)cc2)CC1.[N]. The van der Waals surface area contributed by atoms with Crippen LogP contribution in [0.1, 0.15) is 12.8 Å². The Morgan fingerprint density at radius 1 is 1.24 bits per heavy atom. The maximum absolute atomic E-state index is 12.6. The monoisotopic (exact) mass is 237 g/mol. The fraction of sp³-hybridized carbons (Fsp3) is 0.273. The Kier molecular flexibility index (Phi) is 3.47. The van der Waals surface area contributed by atoms with Crippen LogP contribution in [0.15, 0.2) is 24.3 Å². The molecule has 0 spiro atoms. The predicted octanol–water partition coefficient (Wildman–Crippen LogP) is 1.15. The van der Waals surface area contributed by atoms with Crippen LogP contribution in [0.5, 0.6) is 0 Å². The molecule has 6 heteroatoms. The van der Waals surface area contributed by atoms with Gasteiger partial charge in [-0.1, -0.05) is 0 Å². The number of nitrogens with one attached hydrogen (secondary N) is 1. The number of carbonyl (C=O) groups excluding carboxylic acids is 1. The van der Waals surface area contributed by atoms with Crippen LogP contribution >= 0.6 is 0 Å². The summed E-state index contributed by atoms with van der Waals surface area (Å²) in [5.41, 5.74) is -0.868. The Morgan fingerprint density at radius 2 is 1.76 bits per heavy atom. The summed E-state index contributed by atoms with van der Waals surface area (Å²) >= 11 is 0. The first-order valence-corrected chi connectivity index (χ1v) is 4.85. The van der Waals surface area contributed by atoms with Crippen LogP contribution < -0.4 is 11.5 Å². The van der Waals surface area contributed by atoms with E-state index in [1.165, 1.54) is 24.3 Å². The van der Waals surface area contributed by atoms with Gasteiger partial charge >= 0.3 is 5.97 Å². The number of halogens is 1. The summed E-state index contributed by atoms with van der Waals surface area (Å²) in [6.45, 7) is 0. The van der Waals surface area contributed by atoms with E-state index in [-0.39, 0.29) is 6.15 Å². The summed E-state index contributed by atoms with van der Waals surface area (Å²) in [6.07, 6.45) is 0.713. The Balaban J connectivity index is 0.00000144. The van der Waals surface area contributed by atoms with E-state index in [9.17, 15) is 14.0 Å². The van der Waals surface area contributed by atoms with Crippen LogP contribution in [-0.2, 0) is 9.59 Å². The third-order valence-corrected chi connectivity index (χ3v) is 2.70. The lowest BCUT2D eigenvalue weighted by molar-refractivity contribution is -0.147. The molecular weight excluding hydrogens is 227 g/mol. The van der Waals surface area contributed by atoms with E-state index < -0.39 is 23.1 Å². The average Bonchev–Trinajstić information content (AvgIpc) is 3.02. The highest BCUT2D eigenvalue weighted by molar-refractivity contribution is 6.10. The van der Waals surface area contributed by atoms with Gasteiger partial charge in [-0.15, -0.1) is 0 Å². The molecule has 5 nitrogen and oxygen atoms in total. The van der Waals surface area contributed by atoms with Gasteiger partial charge in [0.05, 0.1) is 0 Å². The number of hydrogen-bond donors (Lipinski definition) is 2. The normalized spacial score (nSPS) is 15.6. The van der Waals surface area contributed by atoms with Crippen LogP contribution in [0.3, 0.4) is 0 Å². The van der Waals surface area contributed by atoms with Gasteiger partial charge in [0.2, 0.25) is 5.91 Å². The van der Waals surface area contributed by atoms with E-state index >= 15 is 0 Å².